The van der Waals surface area contributed by atoms with E-state index in [2.05, 4.69) is 25.8 Å². The van der Waals surface area contributed by atoms with Gasteiger partial charge in [0.2, 0.25) is 5.91 Å². The van der Waals surface area contributed by atoms with E-state index in [4.69, 9.17) is 11.6 Å². The summed E-state index contributed by atoms with van der Waals surface area (Å²) in [5.41, 5.74) is 2.59. The van der Waals surface area contributed by atoms with Gasteiger partial charge in [0, 0.05) is 46.6 Å². The number of amides is 1. The molecule has 0 aliphatic heterocycles. The second-order valence-electron chi connectivity index (χ2n) is 7.88. The zero-order chi connectivity index (χ0) is 25.5. The third-order valence-corrected chi connectivity index (χ3v) is 6.34. The maximum Gasteiger partial charge on any atom is 0.244 e. The number of thiazole rings is 1. The molecular formula is C25H21ClN6O3S. The molecule has 36 heavy (non-hydrogen) atoms. The Bertz CT molecular complexity index is 1390. The van der Waals surface area contributed by atoms with Crippen molar-refractivity contribution < 1.29 is 14.4 Å². The van der Waals surface area contributed by atoms with Crippen LogP contribution in [0.2, 0.25) is 5.02 Å². The minimum absolute atomic E-state index is 0.0449. The van der Waals surface area contributed by atoms with Crippen molar-refractivity contribution in [2.24, 2.45) is 0 Å². The molecule has 0 fully saturated rings. The number of tetrazole rings is 1. The van der Waals surface area contributed by atoms with Crippen LogP contribution < -0.4 is 5.32 Å². The number of rotatable bonds is 10. The Labute approximate surface area is 215 Å². The first-order valence-electron chi connectivity index (χ1n) is 10.9. The van der Waals surface area contributed by atoms with E-state index in [0.29, 0.717) is 21.8 Å². The molecule has 1 N–H and O–H groups in total. The number of halogens is 1. The average molecular weight is 521 g/mol. The summed E-state index contributed by atoms with van der Waals surface area (Å²) < 4.78 is 1.46. The second-order valence-corrected chi connectivity index (χ2v) is 9.29. The summed E-state index contributed by atoms with van der Waals surface area (Å²) >= 11 is 7.55. The molecule has 9 nitrogen and oxygen atoms in total. The molecule has 0 aliphatic carbocycles. The summed E-state index contributed by atoms with van der Waals surface area (Å²) in [6.45, 7) is 1.49. The van der Waals surface area contributed by atoms with Gasteiger partial charge in [-0.05, 0) is 47.2 Å². The predicted octanol–water partition coefficient (Wildman–Crippen LogP) is 3.53. The van der Waals surface area contributed by atoms with E-state index in [0.717, 1.165) is 10.6 Å². The lowest BCUT2D eigenvalue weighted by atomic mass is 10.00. The molecule has 1 atom stereocenters. The highest BCUT2D eigenvalue weighted by Crippen LogP contribution is 2.20. The van der Waals surface area contributed by atoms with Crippen LogP contribution >= 0.6 is 22.9 Å². The molecule has 4 rings (SSSR count). The fourth-order valence-corrected chi connectivity index (χ4v) is 4.32. The number of nitrogens with one attached hydrogen (secondary N) is 1. The topological polar surface area (TPSA) is 120 Å². The van der Waals surface area contributed by atoms with Crippen molar-refractivity contribution in [3.8, 4) is 5.69 Å². The SMILES string of the molecule is CC(=O)c1ccc(CC(=O)C(Cc2nccs2)NC(=O)/C=C/c2cc(Cl)ccc2-n2cnnn2)cc1. The number of aromatic nitrogens is 5. The number of Topliss-reactive ketones (excluding diaryl/α,β-unsaturated/α-hetero) is 2. The van der Waals surface area contributed by atoms with E-state index < -0.39 is 11.9 Å². The third kappa shape index (κ3) is 6.55. The van der Waals surface area contributed by atoms with Gasteiger partial charge >= 0.3 is 0 Å². The normalized spacial score (nSPS) is 11.9. The monoisotopic (exact) mass is 520 g/mol. The molecular weight excluding hydrogens is 500 g/mol. The summed E-state index contributed by atoms with van der Waals surface area (Å²) in [5, 5.41) is 17.0. The molecule has 4 aromatic rings. The van der Waals surface area contributed by atoms with Gasteiger partial charge in [0.05, 0.1) is 16.7 Å². The van der Waals surface area contributed by atoms with Crippen LogP contribution in [-0.2, 0) is 22.4 Å². The van der Waals surface area contributed by atoms with Gasteiger partial charge in [0.15, 0.2) is 11.6 Å². The van der Waals surface area contributed by atoms with Crippen molar-refractivity contribution in [2.75, 3.05) is 0 Å². The Morgan fingerprint density at radius 1 is 1.17 bits per heavy atom. The van der Waals surface area contributed by atoms with Gasteiger partial charge < -0.3 is 5.32 Å². The number of hydrogen-bond donors (Lipinski definition) is 1. The van der Waals surface area contributed by atoms with Crippen molar-refractivity contribution in [3.63, 3.8) is 0 Å². The van der Waals surface area contributed by atoms with Crippen molar-refractivity contribution >= 4 is 46.5 Å². The highest BCUT2D eigenvalue weighted by Gasteiger charge is 2.22. The Kier molecular flexibility index (Phi) is 8.09. The minimum Gasteiger partial charge on any atom is -0.342 e. The Morgan fingerprint density at radius 3 is 2.64 bits per heavy atom. The van der Waals surface area contributed by atoms with E-state index in [1.165, 1.54) is 35.3 Å². The van der Waals surface area contributed by atoms with Crippen LogP contribution in [0, 0.1) is 0 Å². The van der Waals surface area contributed by atoms with Crippen LogP contribution in [0.1, 0.15) is 33.4 Å². The highest BCUT2D eigenvalue weighted by molar-refractivity contribution is 7.09. The zero-order valence-electron chi connectivity index (χ0n) is 19.2. The zero-order valence-corrected chi connectivity index (χ0v) is 20.7. The lowest BCUT2D eigenvalue weighted by Crippen LogP contribution is -2.42. The average Bonchev–Trinajstić information content (AvgIpc) is 3.57. The molecule has 11 heteroatoms. The van der Waals surface area contributed by atoms with Gasteiger partial charge in [-0.1, -0.05) is 35.9 Å². The predicted molar refractivity (Wildman–Crippen MR) is 136 cm³/mol. The Hall–Kier alpha value is -4.02. The molecule has 0 saturated heterocycles. The number of carbonyl (C=O) groups is 3. The third-order valence-electron chi connectivity index (χ3n) is 5.31. The molecule has 1 amide bonds. The first-order valence-corrected chi connectivity index (χ1v) is 12.2. The van der Waals surface area contributed by atoms with E-state index in [1.54, 1.807) is 54.7 Å². The van der Waals surface area contributed by atoms with Crippen molar-refractivity contribution in [1.29, 1.82) is 0 Å². The second kappa shape index (κ2) is 11.6. The van der Waals surface area contributed by atoms with Gasteiger partial charge in [0.25, 0.3) is 0 Å². The number of carbonyl (C=O) groups excluding carboxylic acids is 3. The van der Waals surface area contributed by atoms with Crippen LogP contribution in [-0.4, -0.2) is 48.7 Å². The van der Waals surface area contributed by atoms with Gasteiger partial charge in [-0.3, -0.25) is 14.4 Å². The number of nitrogens with zero attached hydrogens (tertiary/aromatic N) is 5. The first kappa shape index (κ1) is 25.1. The fourth-order valence-electron chi connectivity index (χ4n) is 3.48. The summed E-state index contributed by atoms with van der Waals surface area (Å²) in [4.78, 5) is 41.7. The number of ketones is 2. The summed E-state index contributed by atoms with van der Waals surface area (Å²) in [6, 6.07) is 11.2. The van der Waals surface area contributed by atoms with Crippen molar-refractivity contribution in [2.45, 2.75) is 25.8 Å². The van der Waals surface area contributed by atoms with E-state index in [1.807, 2.05) is 5.38 Å². The van der Waals surface area contributed by atoms with Crippen LogP contribution in [0.25, 0.3) is 11.8 Å². The highest BCUT2D eigenvalue weighted by atomic mass is 35.5. The van der Waals surface area contributed by atoms with Crippen molar-refractivity contribution in [1.82, 2.24) is 30.5 Å². The Balaban J connectivity index is 1.50. The molecule has 2 aromatic carbocycles. The molecule has 0 bridgehead atoms. The minimum atomic E-state index is -0.779. The molecule has 2 aromatic heterocycles. The Morgan fingerprint density at radius 2 is 1.97 bits per heavy atom. The van der Waals surface area contributed by atoms with E-state index in [9.17, 15) is 14.4 Å². The van der Waals surface area contributed by atoms with E-state index in [-0.39, 0.29) is 24.4 Å². The molecule has 0 saturated carbocycles. The summed E-state index contributed by atoms with van der Waals surface area (Å²) in [7, 11) is 0. The number of hydrogen-bond acceptors (Lipinski definition) is 8. The molecule has 0 aliphatic rings. The molecule has 182 valence electrons. The molecule has 2 heterocycles. The molecule has 1 unspecified atom stereocenters. The maximum atomic E-state index is 13.1. The van der Waals surface area contributed by atoms with Crippen LogP contribution in [0.4, 0.5) is 0 Å². The van der Waals surface area contributed by atoms with Crippen LogP contribution in [0.5, 0.6) is 0 Å². The molecule has 0 spiro atoms. The summed E-state index contributed by atoms with van der Waals surface area (Å²) in [6.07, 6.45) is 6.40. The smallest absolute Gasteiger partial charge is 0.244 e. The maximum absolute atomic E-state index is 13.1. The van der Waals surface area contributed by atoms with Gasteiger partial charge in [-0.25, -0.2) is 4.98 Å². The van der Waals surface area contributed by atoms with Crippen molar-refractivity contribution in [3.05, 3.63) is 93.2 Å². The largest absolute Gasteiger partial charge is 0.342 e. The van der Waals surface area contributed by atoms with Crippen LogP contribution in [0.15, 0.2) is 66.4 Å². The van der Waals surface area contributed by atoms with Gasteiger partial charge in [-0.2, -0.15) is 4.68 Å². The van der Waals surface area contributed by atoms with Gasteiger partial charge in [-0.15, -0.1) is 16.4 Å². The lowest BCUT2D eigenvalue weighted by Gasteiger charge is -2.16. The lowest BCUT2D eigenvalue weighted by molar-refractivity contribution is -0.125. The quantitative estimate of drug-likeness (QED) is 0.251. The van der Waals surface area contributed by atoms with E-state index >= 15 is 0 Å². The van der Waals surface area contributed by atoms with Crippen LogP contribution in [0.3, 0.4) is 0 Å². The molecule has 0 radical (unpaired) electrons. The summed E-state index contributed by atoms with van der Waals surface area (Å²) in [5.74, 6) is -0.657. The standard InChI is InChI=1S/C25H21ClN6O3S/c1-16(33)18-4-2-17(3-5-18)12-23(34)21(14-25-27-10-11-36-25)29-24(35)9-6-19-13-20(26)7-8-22(19)32-15-28-30-31-32/h2-11,13,15,21H,12,14H2,1H3,(H,29,35)/b9-6+. The fraction of sp³-hybridized carbons (Fsp3) is 0.160. The first-order chi connectivity index (χ1) is 17.4. The number of benzene rings is 2. The van der Waals surface area contributed by atoms with Gasteiger partial charge in [0.1, 0.15) is 6.33 Å².